The SMILES string of the molecule is COC(C)(C)C(=O)N1CC[C@H](c2nc(C)c3c(n2)N(Cc2ccccc2)C(=O)CC3)C1. The number of aryl methyl sites for hydroxylation is 1. The van der Waals surface area contributed by atoms with Gasteiger partial charge in [0.1, 0.15) is 17.2 Å². The lowest BCUT2D eigenvalue weighted by atomic mass is 10.0. The van der Waals surface area contributed by atoms with E-state index in [1.165, 1.54) is 0 Å². The highest BCUT2D eigenvalue weighted by Gasteiger charge is 2.38. The minimum atomic E-state index is -0.847. The predicted molar refractivity (Wildman–Crippen MR) is 118 cm³/mol. The van der Waals surface area contributed by atoms with Crippen molar-refractivity contribution in [3.05, 3.63) is 53.0 Å². The first kappa shape index (κ1) is 21.4. The van der Waals surface area contributed by atoms with Crippen molar-refractivity contribution < 1.29 is 14.3 Å². The summed E-state index contributed by atoms with van der Waals surface area (Å²) in [5.74, 6) is 1.56. The fourth-order valence-electron chi connectivity index (χ4n) is 4.34. The maximum absolute atomic E-state index is 12.8. The second-order valence-electron chi connectivity index (χ2n) is 8.89. The Kier molecular flexibility index (Phi) is 5.79. The maximum atomic E-state index is 12.8. The van der Waals surface area contributed by atoms with Gasteiger partial charge in [0.25, 0.3) is 5.91 Å². The highest BCUT2D eigenvalue weighted by atomic mass is 16.5. The van der Waals surface area contributed by atoms with E-state index in [1.54, 1.807) is 25.9 Å². The molecule has 1 atom stereocenters. The molecule has 1 saturated heterocycles. The predicted octanol–water partition coefficient (Wildman–Crippen LogP) is 3.01. The van der Waals surface area contributed by atoms with Crippen LogP contribution in [0.4, 0.5) is 5.82 Å². The van der Waals surface area contributed by atoms with Crippen LogP contribution in [0, 0.1) is 6.92 Å². The lowest BCUT2D eigenvalue weighted by Crippen LogP contribution is -2.45. The van der Waals surface area contributed by atoms with Crippen LogP contribution in [0.25, 0.3) is 0 Å². The van der Waals surface area contributed by atoms with Gasteiger partial charge in [-0.25, -0.2) is 9.97 Å². The number of anilines is 1. The molecule has 31 heavy (non-hydrogen) atoms. The number of likely N-dealkylation sites (tertiary alicyclic amines) is 1. The van der Waals surface area contributed by atoms with Crippen LogP contribution in [0.15, 0.2) is 30.3 Å². The van der Waals surface area contributed by atoms with Gasteiger partial charge in [-0.1, -0.05) is 30.3 Å². The van der Waals surface area contributed by atoms with Gasteiger partial charge in [-0.2, -0.15) is 0 Å². The Bertz CT molecular complexity index is 990. The van der Waals surface area contributed by atoms with Gasteiger partial charge < -0.3 is 9.64 Å². The Morgan fingerprint density at radius 3 is 2.65 bits per heavy atom. The van der Waals surface area contributed by atoms with Crippen molar-refractivity contribution in [1.29, 1.82) is 0 Å². The van der Waals surface area contributed by atoms with Gasteiger partial charge in [0.05, 0.1) is 6.54 Å². The number of carbonyl (C=O) groups excluding carboxylic acids is 2. The van der Waals surface area contributed by atoms with E-state index in [1.807, 2.05) is 42.2 Å². The summed E-state index contributed by atoms with van der Waals surface area (Å²) >= 11 is 0. The summed E-state index contributed by atoms with van der Waals surface area (Å²) in [6.45, 7) is 7.29. The molecule has 0 spiro atoms. The Morgan fingerprint density at radius 2 is 1.94 bits per heavy atom. The minimum absolute atomic E-state index is 0.0203. The second-order valence-corrected chi connectivity index (χ2v) is 8.89. The minimum Gasteiger partial charge on any atom is -0.369 e. The van der Waals surface area contributed by atoms with E-state index >= 15 is 0 Å². The van der Waals surface area contributed by atoms with Crippen LogP contribution in [0.5, 0.6) is 0 Å². The molecule has 2 aromatic rings. The molecule has 0 aliphatic carbocycles. The average molecular weight is 423 g/mol. The molecule has 7 nitrogen and oxygen atoms in total. The Labute approximate surface area is 183 Å². The zero-order valence-corrected chi connectivity index (χ0v) is 18.7. The zero-order valence-electron chi connectivity index (χ0n) is 18.7. The van der Waals surface area contributed by atoms with Crippen molar-refractivity contribution in [2.75, 3.05) is 25.1 Å². The number of carbonyl (C=O) groups is 2. The number of hydrogen-bond donors (Lipinski definition) is 0. The molecule has 1 aromatic heterocycles. The van der Waals surface area contributed by atoms with Crippen LogP contribution in [-0.2, 0) is 27.3 Å². The number of ether oxygens (including phenoxy) is 1. The molecular weight excluding hydrogens is 392 g/mol. The first-order chi connectivity index (χ1) is 14.8. The van der Waals surface area contributed by atoms with Crippen molar-refractivity contribution in [3.63, 3.8) is 0 Å². The summed E-state index contributed by atoms with van der Waals surface area (Å²) in [4.78, 5) is 38.9. The molecule has 0 radical (unpaired) electrons. The molecule has 2 amide bonds. The summed E-state index contributed by atoms with van der Waals surface area (Å²) in [7, 11) is 1.56. The van der Waals surface area contributed by atoms with Gasteiger partial charge in [0.15, 0.2) is 0 Å². The molecular formula is C24H30N4O3. The Hall–Kier alpha value is -2.80. The van der Waals surface area contributed by atoms with Crippen LogP contribution >= 0.6 is 0 Å². The normalized spacial score (nSPS) is 19.0. The van der Waals surface area contributed by atoms with Crippen LogP contribution < -0.4 is 4.90 Å². The number of amides is 2. The first-order valence-corrected chi connectivity index (χ1v) is 10.9. The van der Waals surface area contributed by atoms with Gasteiger partial charge in [-0.15, -0.1) is 0 Å². The first-order valence-electron chi connectivity index (χ1n) is 10.9. The fourth-order valence-corrected chi connectivity index (χ4v) is 4.34. The van der Waals surface area contributed by atoms with Crippen molar-refractivity contribution in [2.24, 2.45) is 0 Å². The highest BCUT2D eigenvalue weighted by molar-refractivity contribution is 5.95. The lowest BCUT2D eigenvalue weighted by molar-refractivity contribution is -0.149. The number of methoxy groups -OCH3 is 1. The number of nitrogens with zero attached hydrogens (tertiary/aromatic N) is 4. The molecule has 2 aliphatic heterocycles. The molecule has 1 fully saturated rings. The van der Waals surface area contributed by atoms with Crippen LogP contribution in [0.3, 0.4) is 0 Å². The maximum Gasteiger partial charge on any atom is 0.254 e. The van der Waals surface area contributed by atoms with E-state index in [0.717, 1.165) is 34.9 Å². The van der Waals surface area contributed by atoms with Gasteiger partial charge in [-0.05, 0) is 39.2 Å². The van der Waals surface area contributed by atoms with Crippen LogP contribution in [0.1, 0.15) is 55.3 Å². The van der Waals surface area contributed by atoms with E-state index in [0.29, 0.717) is 32.5 Å². The molecule has 0 N–H and O–H groups in total. The van der Waals surface area contributed by atoms with E-state index in [2.05, 4.69) is 0 Å². The number of hydrogen-bond acceptors (Lipinski definition) is 5. The monoisotopic (exact) mass is 422 g/mol. The summed E-state index contributed by atoms with van der Waals surface area (Å²) in [5.41, 5.74) is 2.19. The second kappa shape index (κ2) is 8.38. The summed E-state index contributed by atoms with van der Waals surface area (Å²) in [6, 6.07) is 9.97. The standard InChI is InChI=1S/C24H30N4O3/c1-16-19-10-11-20(29)28(14-17-8-6-5-7-9-17)22(19)26-21(25-16)18-12-13-27(15-18)23(30)24(2,3)31-4/h5-9,18H,10-15H2,1-4H3/t18-/m0/s1. The third-order valence-corrected chi connectivity index (χ3v) is 6.40. The molecule has 0 unspecified atom stereocenters. The topological polar surface area (TPSA) is 75.6 Å². The quantitative estimate of drug-likeness (QED) is 0.740. The lowest BCUT2D eigenvalue weighted by Gasteiger charge is -2.30. The molecule has 164 valence electrons. The van der Waals surface area contributed by atoms with E-state index in [-0.39, 0.29) is 17.7 Å². The number of fused-ring (bicyclic) bond motifs is 1. The highest BCUT2D eigenvalue weighted by Crippen LogP contribution is 2.33. The molecule has 4 rings (SSSR count). The smallest absolute Gasteiger partial charge is 0.254 e. The van der Waals surface area contributed by atoms with E-state index in [4.69, 9.17) is 14.7 Å². The molecule has 2 aliphatic rings. The molecule has 7 heteroatoms. The van der Waals surface area contributed by atoms with Crippen molar-refractivity contribution in [2.45, 2.75) is 58.1 Å². The number of aromatic nitrogens is 2. The van der Waals surface area contributed by atoms with Crippen molar-refractivity contribution in [3.8, 4) is 0 Å². The summed E-state index contributed by atoms with van der Waals surface area (Å²) < 4.78 is 5.36. The van der Waals surface area contributed by atoms with Gasteiger partial charge in [0, 0.05) is 43.8 Å². The summed E-state index contributed by atoms with van der Waals surface area (Å²) in [6.07, 6.45) is 1.94. The van der Waals surface area contributed by atoms with Crippen molar-refractivity contribution in [1.82, 2.24) is 14.9 Å². The van der Waals surface area contributed by atoms with Crippen LogP contribution in [0.2, 0.25) is 0 Å². The number of rotatable bonds is 5. The van der Waals surface area contributed by atoms with Gasteiger partial charge in [-0.3, -0.25) is 14.5 Å². The molecule has 1 aromatic carbocycles. The third-order valence-electron chi connectivity index (χ3n) is 6.40. The largest absolute Gasteiger partial charge is 0.369 e. The molecule has 3 heterocycles. The summed E-state index contributed by atoms with van der Waals surface area (Å²) in [5, 5.41) is 0. The fraction of sp³-hybridized carbons (Fsp3) is 0.500. The third kappa shape index (κ3) is 4.19. The number of benzene rings is 1. The van der Waals surface area contributed by atoms with Gasteiger partial charge in [0.2, 0.25) is 5.91 Å². The van der Waals surface area contributed by atoms with Crippen molar-refractivity contribution >= 4 is 17.6 Å². The van der Waals surface area contributed by atoms with Crippen LogP contribution in [-0.4, -0.2) is 52.5 Å². The molecule has 0 saturated carbocycles. The Morgan fingerprint density at radius 1 is 1.19 bits per heavy atom. The zero-order chi connectivity index (χ0) is 22.2. The average Bonchev–Trinajstić information content (AvgIpc) is 3.26. The molecule has 0 bridgehead atoms. The van der Waals surface area contributed by atoms with Gasteiger partial charge >= 0.3 is 0 Å². The Balaban J connectivity index is 1.61. The van der Waals surface area contributed by atoms with E-state index < -0.39 is 5.60 Å². The van der Waals surface area contributed by atoms with E-state index in [9.17, 15) is 9.59 Å².